The van der Waals surface area contributed by atoms with Gasteiger partial charge in [-0.05, 0) is 44.1 Å². The van der Waals surface area contributed by atoms with Crippen LogP contribution in [0.4, 0.5) is 0 Å². The molecule has 104 valence electrons. The van der Waals surface area contributed by atoms with Crippen molar-refractivity contribution in [3.05, 3.63) is 0 Å². The number of hydrogen-bond donors (Lipinski definition) is 1. The average Bonchev–Trinajstić information content (AvgIpc) is 2.77. The van der Waals surface area contributed by atoms with Crippen LogP contribution in [0.15, 0.2) is 0 Å². The van der Waals surface area contributed by atoms with Gasteiger partial charge in [0.1, 0.15) is 0 Å². The second kappa shape index (κ2) is 5.60. The number of likely N-dealkylation sites (tertiary alicyclic amines) is 1. The number of hydrogen-bond acceptors (Lipinski definition) is 2. The van der Waals surface area contributed by atoms with Crippen LogP contribution in [0.2, 0.25) is 0 Å². The molecule has 1 saturated carbocycles. The monoisotopic (exact) mass is 253 g/mol. The van der Waals surface area contributed by atoms with Crippen LogP contribution in [0, 0.1) is 17.3 Å². The normalized spacial score (nSPS) is 37.9. The molecular weight excluding hydrogens is 226 g/mol. The van der Waals surface area contributed by atoms with Gasteiger partial charge in [0.25, 0.3) is 0 Å². The molecule has 1 unspecified atom stereocenters. The molecule has 1 atom stereocenters. The van der Waals surface area contributed by atoms with E-state index in [0.29, 0.717) is 0 Å². The minimum atomic E-state index is -0.593. The zero-order chi connectivity index (χ0) is 13.2. The first-order valence-corrected chi connectivity index (χ1v) is 7.51. The zero-order valence-electron chi connectivity index (χ0n) is 11.8. The van der Waals surface area contributed by atoms with Crippen molar-refractivity contribution in [3.63, 3.8) is 0 Å². The lowest BCUT2D eigenvalue weighted by atomic mass is 9.82. The van der Waals surface area contributed by atoms with Crippen molar-refractivity contribution in [1.29, 1.82) is 0 Å². The molecule has 0 aromatic rings. The molecule has 2 fully saturated rings. The molecule has 0 aromatic heterocycles. The molecule has 0 radical (unpaired) electrons. The smallest absolute Gasteiger partial charge is 0.310 e. The number of carbonyl (C=O) groups is 1. The number of aliphatic carboxylic acids is 1. The van der Waals surface area contributed by atoms with Gasteiger partial charge in [-0.2, -0.15) is 0 Å². The molecule has 0 bridgehead atoms. The van der Waals surface area contributed by atoms with Crippen LogP contribution in [0.1, 0.15) is 52.4 Å². The lowest BCUT2D eigenvalue weighted by Crippen LogP contribution is -2.36. The molecule has 2 rings (SSSR count). The molecule has 1 heterocycles. The molecule has 0 aromatic carbocycles. The Morgan fingerprint density at radius 3 is 2.50 bits per heavy atom. The summed E-state index contributed by atoms with van der Waals surface area (Å²) in [5.41, 5.74) is -0.456. The van der Waals surface area contributed by atoms with E-state index in [0.717, 1.165) is 44.3 Å². The Bertz CT molecular complexity index is 297. The third-order valence-electron chi connectivity index (χ3n) is 5.22. The van der Waals surface area contributed by atoms with Crippen LogP contribution >= 0.6 is 0 Å². The van der Waals surface area contributed by atoms with Gasteiger partial charge in [0.15, 0.2) is 0 Å². The summed E-state index contributed by atoms with van der Waals surface area (Å²) in [5.74, 6) is 1.11. The van der Waals surface area contributed by atoms with E-state index in [4.69, 9.17) is 0 Å². The highest BCUT2D eigenvalue weighted by atomic mass is 16.4. The van der Waals surface area contributed by atoms with Crippen molar-refractivity contribution in [2.24, 2.45) is 17.3 Å². The number of carboxylic acid groups (broad SMARTS) is 1. The Labute approximate surface area is 111 Å². The van der Waals surface area contributed by atoms with Crippen molar-refractivity contribution >= 4 is 5.97 Å². The fraction of sp³-hybridized carbons (Fsp3) is 0.933. The van der Waals surface area contributed by atoms with Crippen molar-refractivity contribution in [1.82, 2.24) is 4.90 Å². The summed E-state index contributed by atoms with van der Waals surface area (Å²) in [6.07, 6.45) is 6.99. The molecule has 3 nitrogen and oxygen atoms in total. The fourth-order valence-corrected chi connectivity index (χ4v) is 3.61. The summed E-state index contributed by atoms with van der Waals surface area (Å²) in [6, 6.07) is 0. The fourth-order valence-electron chi connectivity index (χ4n) is 3.61. The topological polar surface area (TPSA) is 40.5 Å². The standard InChI is InChI=1S/C15H27NO2/c1-3-15(14(17)18)8-9-16(11-15)10-13-6-4-12(2)5-7-13/h12-13H,3-11H2,1-2H3,(H,17,18). The number of nitrogens with zero attached hydrogens (tertiary/aromatic N) is 1. The number of rotatable bonds is 4. The van der Waals surface area contributed by atoms with Crippen molar-refractivity contribution in [3.8, 4) is 0 Å². The second-order valence-corrected chi connectivity index (χ2v) is 6.55. The maximum absolute atomic E-state index is 11.4. The van der Waals surface area contributed by atoms with E-state index < -0.39 is 11.4 Å². The first-order chi connectivity index (χ1) is 8.55. The molecule has 3 heteroatoms. The van der Waals surface area contributed by atoms with E-state index in [2.05, 4.69) is 11.8 Å². The van der Waals surface area contributed by atoms with Gasteiger partial charge in [0, 0.05) is 13.1 Å². The maximum Gasteiger partial charge on any atom is 0.310 e. The van der Waals surface area contributed by atoms with E-state index >= 15 is 0 Å². The molecule has 18 heavy (non-hydrogen) atoms. The highest BCUT2D eigenvalue weighted by molar-refractivity contribution is 5.75. The van der Waals surface area contributed by atoms with E-state index in [1.807, 2.05) is 6.92 Å². The third kappa shape index (κ3) is 2.87. The van der Waals surface area contributed by atoms with Crippen LogP contribution in [-0.2, 0) is 4.79 Å². The van der Waals surface area contributed by atoms with Crippen LogP contribution in [-0.4, -0.2) is 35.6 Å². The molecule has 1 aliphatic heterocycles. The van der Waals surface area contributed by atoms with Crippen LogP contribution in [0.3, 0.4) is 0 Å². The van der Waals surface area contributed by atoms with Gasteiger partial charge in [-0.3, -0.25) is 4.79 Å². The second-order valence-electron chi connectivity index (χ2n) is 6.55. The van der Waals surface area contributed by atoms with E-state index in [1.54, 1.807) is 0 Å². The highest BCUT2D eigenvalue weighted by Crippen LogP contribution is 2.36. The zero-order valence-corrected chi connectivity index (χ0v) is 11.8. The summed E-state index contributed by atoms with van der Waals surface area (Å²) < 4.78 is 0. The van der Waals surface area contributed by atoms with Gasteiger partial charge in [0.2, 0.25) is 0 Å². The predicted octanol–water partition coefficient (Wildman–Crippen LogP) is 3.00. The van der Waals surface area contributed by atoms with Crippen LogP contribution in [0.5, 0.6) is 0 Å². The van der Waals surface area contributed by atoms with E-state index in [-0.39, 0.29) is 0 Å². The minimum Gasteiger partial charge on any atom is -0.481 e. The van der Waals surface area contributed by atoms with Crippen LogP contribution in [0.25, 0.3) is 0 Å². The summed E-state index contributed by atoms with van der Waals surface area (Å²) in [7, 11) is 0. The molecule has 0 spiro atoms. The van der Waals surface area contributed by atoms with Gasteiger partial charge < -0.3 is 10.0 Å². The summed E-state index contributed by atoms with van der Waals surface area (Å²) >= 11 is 0. The Morgan fingerprint density at radius 2 is 2.00 bits per heavy atom. The van der Waals surface area contributed by atoms with Crippen LogP contribution < -0.4 is 0 Å². The van der Waals surface area contributed by atoms with Crippen molar-refractivity contribution < 1.29 is 9.90 Å². The molecule has 2 aliphatic rings. The quantitative estimate of drug-likeness (QED) is 0.837. The van der Waals surface area contributed by atoms with E-state index in [9.17, 15) is 9.90 Å². The van der Waals surface area contributed by atoms with Gasteiger partial charge in [0.05, 0.1) is 5.41 Å². The minimum absolute atomic E-state index is 0.456. The molecule has 1 N–H and O–H groups in total. The van der Waals surface area contributed by atoms with E-state index in [1.165, 1.54) is 25.7 Å². The Kier molecular flexibility index (Phi) is 4.31. The van der Waals surface area contributed by atoms with Gasteiger partial charge in [-0.15, -0.1) is 0 Å². The number of carboxylic acids is 1. The Morgan fingerprint density at radius 1 is 1.33 bits per heavy atom. The molecule has 1 saturated heterocycles. The third-order valence-corrected chi connectivity index (χ3v) is 5.22. The average molecular weight is 253 g/mol. The van der Waals surface area contributed by atoms with Crippen molar-refractivity contribution in [2.75, 3.05) is 19.6 Å². The Balaban J connectivity index is 1.84. The first-order valence-electron chi connectivity index (χ1n) is 7.51. The van der Waals surface area contributed by atoms with Gasteiger partial charge >= 0.3 is 5.97 Å². The maximum atomic E-state index is 11.4. The predicted molar refractivity (Wildman–Crippen MR) is 72.5 cm³/mol. The Hall–Kier alpha value is -0.570. The molecule has 0 amide bonds. The van der Waals surface area contributed by atoms with Gasteiger partial charge in [-0.25, -0.2) is 0 Å². The van der Waals surface area contributed by atoms with Crippen molar-refractivity contribution in [2.45, 2.75) is 52.4 Å². The highest BCUT2D eigenvalue weighted by Gasteiger charge is 2.43. The molecule has 1 aliphatic carbocycles. The first kappa shape index (κ1) is 13.9. The summed E-state index contributed by atoms with van der Waals surface area (Å²) in [4.78, 5) is 13.8. The summed E-state index contributed by atoms with van der Waals surface area (Å²) in [5, 5.41) is 9.40. The summed E-state index contributed by atoms with van der Waals surface area (Å²) in [6.45, 7) is 7.23. The molecular formula is C15H27NO2. The largest absolute Gasteiger partial charge is 0.481 e. The van der Waals surface area contributed by atoms with Gasteiger partial charge in [-0.1, -0.05) is 26.7 Å². The lowest BCUT2D eigenvalue weighted by Gasteiger charge is -2.30. The SMILES string of the molecule is CCC1(C(=O)O)CCN(CC2CCC(C)CC2)C1. The lowest BCUT2D eigenvalue weighted by molar-refractivity contribution is -0.148.